The van der Waals surface area contributed by atoms with Crippen LogP contribution < -0.4 is 16.0 Å². The van der Waals surface area contributed by atoms with Crippen molar-refractivity contribution in [1.29, 1.82) is 0 Å². The zero-order chi connectivity index (χ0) is 12.4. The van der Waals surface area contributed by atoms with Crippen LogP contribution in [-0.4, -0.2) is 38.5 Å². The Morgan fingerprint density at radius 3 is 2.35 bits per heavy atom. The van der Waals surface area contributed by atoms with Crippen LogP contribution in [0.1, 0.15) is 13.8 Å². The fourth-order valence-corrected chi connectivity index (χ4v) is 0.960. The number of nitrogens with one attached hydrogen (secondary N) is 3. The van der Waals surface area contributed by atoms with E-state index in [1.807, 2.05) is 13.8 Å². The topological polar surface area (TPSA) is 65.5 Å². The van der Waals surface area contributed by atoms with Crippen LogP contribution in [-0.2, 0) is 4.79 Å². The van der Waals surface area contributed by atoms with Crippen LogP contribution in [0.25, 0.3) is 0 Å². The molecule has 0 aromatic carbocycles. The number of hydrogen-bond acceptors (Lipinski definition) is 2. The Morgan fingerprint density at radius 2 is 1.88 bits per heavy atom. The van der Waals surface area contributed by atoms with Crippen LogP contribution in [0.15, 0.2) is 17.6 Å². The first kappa shape index (κ1) is 18.6. The number of aliphatic imine (C=N–C) groups is 1. The van der Waals surface area contributed by atoms with E-state index in [0.717, 1.165) is 0 Å². The molecule has 1 amide bonds. The highest BCUT2D eigenvalue weighted by Gasteiger charge is 2.04. The van der Waals surface area contributed by atoms with Gasteiger partial charge in [-0.15, -0.1) is 30.6 Å². The van der Waals surface area contributed by atoms with Gasteiger partial charge in [-0.25, -0.2) is 0 Å². The molecule has 100 valence electrons. The summed E-state index contributed by atoms with van der Waals surface area (Å²) in [5.74, 6) is 0.799. The lowest BCUT2D eigenvalue weighted by atomic mass is 10.2. The Bertz CT molecular complexity index is 254. The lowest BCUT2D eigenvalue weighted by Gasteiger charge is -2.11. The van der Waals surface area contributed by atoms with Gasteiger partial charge in [-0.3, -0.25) is 9.79 Å². The Balaban J connectivity index is 0. The quantitative estimate of drug-likeness (QED) is 0.217. The third kappa shape index (κ3) is 10.1. The summed E-state index contributed by atoms with van der Waals surface area (Å²) >= 11 is 0. The third-order valence-corrected chi connectivity index (χ3v) is 1.88. The summed E-state index contributed by atoms with van der Waals surface area (Å²) in [6, 6.07) is 0. The van der Waals surface area contributed by atoms with Gasteiger partial charge in [0.2, 0.25) is 5.91 Å². The van der Waals surface area contributed by atoms with Gasteiger partial charge in [0.15, 0.2) is 5.96 Å². The summed E-state index contributed by atoms with van der Waals surface area (Å²) in [7, 11) is 1.70. The fraction of sp³-hybridized carbons (Fsp3) is 0.636. The summed E-state index contributed by atoms with van der Waals surface area (Å²) in [5, 5.41) is 8.93. The van der Waals surface area contributed by atoms with Gasteiger partial charge in [-0.05, 0) is 0 Å². The van der Waals surface area contributed by atoms with E-state index < -0.39 is 0 Å². The largest absolute Gasteiger partial charge is 0.355 e. The van der Waals surface area contributed by atoms with Crippen molar-refractivity contribution in [1.82, 2.24) is 16.0 Å². The Labute approximate surface area is 121 Å². The molecular weight excluding hydrogens is 331 g/mol. The maximum absolute atomic E-state index is 11.2. The second-order valence-corrected chi connectivity index (χ2v) is 3.61. The van der Waals surface area contributed by atoms with Gasteiger partial charge in [0, 0.05) is 32.6 Å². The molecule has 0 fully saturated rings. The number of rotatable bonds is 6. The summed E-state index contributed by atoms with van der Waals surface area (Å²) in [5.41, 5.74) is 0. The van der Waals surface area contributed by atoms with E-state index in [9.17, 15) is 4.79 Å². The highest BCUT2D eigenvalue weighted by molar-refractivity contribution is 14.0. The maximum Gasteiger partial charge on any atom is 0.222 e. The molecule has 0 rings (SSSR count). The van der Waals surface area contributed by atoms with Crippen molar-refractivity contribution < 1.29 is 4.79 Å². The number of guanidine groups is 1. The van der Waals surface area contributed by atoms with Gasteiger partial charge >= 0.3 is 0 Å². The zero-order valence-corrected chi connectivity index (χ0v) is 13.1. The minimum Gasteiger partial charge on any atom is -0.355 e. The molecule has 0 aromatic heterocycles. The minimum absolute atomic E-state index is 0. The second-order valence-electron chi connectivity index (χ2n) is 3.61. The average molecular weight is 354 g/mol. The van der Waals surface area contributed by atoms with E-state index in [2.05, 4.69) is 27.5 Å². The molecule has 3 N–H and O–H groups in total. The zero-order valence-electron chi connectivity index (χ0n) is 10.7. The van der Waals surface area contributed by atoms with Crippen molar-refractivity contribution in [3.63, 3.8) is 0 Å². The van der Waals surface area contributed by atoms with Crippen LogP contribution in [0.3, 0.4) is 0 Å². The minimum atomic E-state index is 0. The lowest BCUT2D eigenvalue weighted by Crippen LogP contribution is -2.42. The highest BCUT2D eigenvalue weighted by atomic mass is 127. The van der Waals surface area contributed by atoms with E-state index >= 15 is 0 Å². The van der Waals surface area contributed by atoms with Gasteiger partial charge in [-0.2, -0.15) is 0 Å². The summed E-state index contributed by atoms with van der Waals surface area (Å²) in [6.07, 6.45) is 1.76. The smallest absolute Gasteiger partial charge is 0.222 e. The van der Waals surface area contributed by atoms with Crippen molar-refractivity contribution >= 4 is 35.8 Å². The molecule has 0 spiro atoms. The number of hydrogen-bond donors (Lipinski definition) is 3. The molecule has 0 heterocycles. The van der Waals surface area contributed by atoms with Crippen LogP contribution in [0.5, 0.6) is 0 Å². The van der Waals surface area contributed by atoms with Gasteiger partial charge in [0.1, 0.15) is 0 Å². The third-order valence-electron chi connectivity index (χ3n) is 1.88. The number of halogens is 1. The van der Waals surface area contributed by atoms with E-state index in [4.69, 9.17) is 0 Å². The predicted octanol–water partition coefficient (Wildman–Crippen LogP) is 0.728. The number of amides is 1. The Hall–Kier alpha value is -0.790. The van der Waals surface area contributed by atoms with E-state index in [1.165, 1.54) is 0 Å². The van der Waals surface area contributed by atoms with Crippen molar-refractivity contribution in [3.05, 3.63) is 12.7 Å². The second kappa shape index (κ2) is 11.7. The first-order valence-corrected chi connectivity index (χ1v) is 5.45. The first-order chi connectivity index (χ1) is 7.61. The van der Waals surface area contributed by atoms with Crippen molar-refractivity contribution in [2.75, 3.05) is 26.7 Å². The molecule has 5 nitrogen and oxygen atoms in total. The maximum atomic E-state index is 11.2. The first-order valence-electron chi connectivity index (χ1n) is 5.45. The molecule has 0 aliphatic carbocycles. The molecule has 0 radical (unpaired) electrons. The molecule has 0 aromatic rings. The molecular formula is C11H23IN4O. The Kier molecular flexibility index (Phi) is 12.8. The Morgan fingerprint density at radius 1 is 1.29 bits per heavy atom. The molecule has 0 unspecified atom stereocenters. The van der Waals surface area contributed by atoms with E-state index in [-0.39, 0.29) is 35.8 Å². The van der Waals surface area contributed by atoms with Crippen LogP contribution in [0.2, 0.25) is 0 Å². The molecule has 0 bridgehead atoms. The molecule has 6 heteroatoms. The van der Waals surface area contributed by atoms with Crippen molar-refractivity contribution in [3.8, 4) is 0 Å². The molecule has 0 aliphatic heterocycles. The molecule has 0 atom stereocenters. The number of carbonyl (C=O) groups excluding carboxylic acids is 1. The number of carbonyl (C=O) groups is 1. The summed E-state index contributed by atoms with van der Waals surface area (Å²) < 4.78 is 0. The van der Waals surface area contributed by atoms with Gasteiger partial charge < -0.3 is 16.0 Å². The summed E-state index contributed by atoms with van der Waals surface area (Å²) in [4.78, 5) is 15.2. The SMILES string of the molecule is C=CCNC(=NC)NCCNC(=O)C(C)C.I. The lowest BCUT2D eigenvalue weighted by molar-refractivity contribution is -0.123. The molecule has 17 heavy (non-hydrogen) atoms. The van der Waals surface area contributed by atoms with Crippen molar-refractivity contribution in [2.24, 2.45) is 10.9 Å². The van der Waals surface area contributed by atoms with Gasteiger partial charge in [0.25, 0.3) is 0 Å². The van der Waals surface area contributed by atoms with Crippen LogP contribution in [0.4, 0.5) is 0 Å². The monoisotopic (exact) mass is 354 g/mol. The fourth-order valence-electron chi connectivity index (χ4n) is 0.960. The molecule has 0 saturated carbocycles. The van der Waals surface area contributed by atoms with Gasteiger partial charge in [0.05, 0.1) is 0 Å². The van der Waals surface area contributed by atoms with E-state index in [1.54, 1.807) is 13.1 Å². The van der Waals surface area contributed by atoms with E-state index in [0.29, 0.717) is 25.6 Å². The van der Waals surface area contributed by atoms with Crippen LogP contribution in [0, 0.1) is 5.92 Å². The number of nitrogens with zero attached hydrogens (tertiary/aromatic N) is 1. The normalized spacial score (nSPS) is 10.5. The average Bonchev–Trinajstić information content (AvgIpc) is 2.27. The molecule has 0 saturated heterocycles. The highest BCUT2D eigenvalue weighted by Crippen LogP contribution is 1.88. The van der Waals surface area contributed by atoms with Gasteiger partial charge in [-0.1, -0.05) is 19.9 Å². The predicted molar refractivity (Wildman–Crippen MR) is 82.8 cm³/mol. The van der Waals surface area contributed by atoms with Crippen LogP contribution >= 0.6 is 24.0 Å². The molecule has 0 aliphatic rings. The standard InChI is InChI=1S/C11H22N4O.HI/c1-5-6-14-11(12-4)15-8-7-13-10(16)9(2)3;/h5,9H,1,6-8H2,2-4H3,(H,13,16)(H2,12,14,15);1H. The summed E-state index contributed by atoms with van der Waals surface area (Å²) in [6.45, 7) is 9.24. The van der Waals surface area contributed by atoms with Crippen molar-refractivity contribution in [2.45, 2.75) is 13.8 Å².